The zero-order valence-electron chi connectivity index (χ0n) is 33.0. The van der Waals surface area contributed by atoms with Crippen LogP contribution in [0.1, 0.15) is 111 Å². The highest BCUT2D eigenvalue weighted by Gasteiger charge is 2.61. The van der Waals surface area contributed by atoms with E-state index >= 15 is 0 Å². The Morgan fingerprint density at radius 2 is 1.86 bits per heavy atom. The van der Waals surface area contributed by atoms with Crippen molar-refractivity contribution in [2.45, 2.75) is 134 Å². The van der Waals surface area contributed by atoms with E-state index < -0.39 is 56.2 Å². The predicted octanol–water partition coefficient (Wildman–Crippen LogP) is 7.14. The van der Waals surface area contributed by atoms with Gasteiger partial charge in [0.2, 0.25) is 21.8 Å². The smallest absolute Gasteiger partial charge is 0.307 e. The third kappa shape index (κ3) is 8.61. The zero-order valence-corrected chi connectivity index (χ0v) is 34.6. The molecule has 3 aromatic rings. The summed E-state index contributed by atoms with van der Waals surface area (Å²) < 4.78 is 42.5. The summed E-state index contributed by atoms with van der Waals surface area (Å²) in [5.41, 5.74) is 0.712. The summed E-state index contributed by atoms with van der Waals surface area (Å²) in [7, 11) is -3.84. The highest BCUT2D eigenvalue weighted by atomic mass is 32.2. The Hall–Kier alpha value is -4.04. The standard InChI is InChI=1S/C42H54N4O8S2/c1-26(2)46-32-16-11-15-31(35-17-12-20-55-35)37(32)43-40(46)53-29-22-33-34(47)24-42(39(50)44-56(51,52)30-18-19-30)23-28(42)14-10-8-6-7-9-13-27(38(49)45(33)25-29)21-36(48)54-41(3,4)5/h10-12,14-17,20,26-30,33H,6-9,13,18-19,21-25H2,1-5H3,(H,44,50)/b14-10-/t27-,28-,29-,33+,42-/m1/s1. The summed E-state index contributed by atoms with van der Waals surface area (Å²) in [6.45, 7) is 9.54. The van der Waals surface area contributed by atoms with E-state index in [4.69, 9.17) is 14.5 Å². The number of amides is 2. The van der Waals surface area contributed by atoms with Crippen LogP contribution in [0.15, 0.2) is 47.9 Å². The van der Waals surface area contributed by atoms with Crippen molar-refractivity contribution >= 4 is 56.0 Å². The van der Waals surface area contributed by atoms with Crippen molar-refractivity contribution in [2.24, 2.45) is 17.3 Å². The minimum atomic E-state index is -3.84. The fraction of sp³-hybridized carbons (Fsp3) is 0.595. The second kappa shape index (κ2) is 15.7. The van der Waals surface area contributed by atoms with Crippen LogP contribution >= 0.6 is 11.3 Å². The molecule has 56 heavy (non-hydrogen) atoms. The molecule has 12 nitrogen and oxygen atoms in total. The van der Waals surface area contributed by atoms with Gasteiger partial charge in [0.05, 0.1) is 35.2 Å². The number of thiophene rings is 1. The van der Waals surface area contributed by atoms with Gasteiger partial charge in [-0.25, -0.2) is 8.42 Å². The SMILES string of the molecule is CC(C)n1c(O[C@@H]2C[C@H]3C(=O)C[C@]4(C(=O)NS(=O)(=O)C5CC5)C[C@H]4/C=C\CCCCC[C@H](CC(=O)OC(C)(C)C)C(=O)N3C2)nc2c(-c3cccs3)cccc21. The lowest BCUT2D eigenvalue weighted by Crippen LogP contribution is -2.46. The number of hydrogen-bond acceptors (Lipinski definition) is 10. The Bertz CT molecular complexity index is 2110. The third-order valence-electron chi connectivity index (χ3n) is 11.4. The molecule has 2 amide bonds. The summed E-state index contributed by atoms with van der Waals surface area (Å²) in [4.78, 5) is 64.0. The van der Waals surface area contributed by atoms with Gasteiger partial charge in [-0.15, -0.1) is 11.3 Å². The molecule has 2 aromatic heterocycles. The van der Waals surface area contributed by atoms with Gasteiger partial charge in [0.25, 0.3) is 6.01 Å². The van der Waals surface area contributed by atoms with Crippen LogP contribution in [0.5, 0.6) is 6.01 Å². The Morgan fingerprint density at radius 1 is 1.07 bits per heavy atom. The first kappa shape index (κ1) is 40.2. The molecular weight excluding hydrogens is 753 g/mol. The molecule has 4 heterocycles. The fourth-order valence-corrected chi connectivity index (χ4v) is 10.5. The number of fused-ring (bicyclic) bond motifs is 3. The number of hydrogen-bond donors (Lipinski definition) is 1. The minimum absolute atomic E-state index is 0.0212. The van der Waals surface area contributed by atoms with Crippen LogP contribution < -0.4 is 9.46 Å². The molecule has 1 N–H and O–H groups in total. The number of benzene rings is 1. The molecular formula is C42H54N4O8S2. The van der Waals surface area contributed by atoms with Gasteiger partial charge < -0.3 is 14.4 Å². The Labute approximate surface area is 333 Å². The van der Waals surface area contributed by atoms with Gasteiger partial charge in [0, 0.05) is 35.2 Å². The van der Waals surface area contributed by atoms with E-state index in [0.29, 0.717) is 38.1 Å². The van der Waals surface area contributed by atoms with Gasteiger partial charge in [-0.1, -0.05) is 43.2 Å². The first-order valence-electron chi connectivity index (χ1n) is 20.1. The first-order chi connectivity index (χ1) is 26.6. The maximum absolute atomic E-state index is 14.7. The number of rotatable bonds is 9. The molecule has 0 unspecified atom stereocenters. The van der Waals surface area contributed by atoms with Crippen LogP contribution in [-0.4, -0.2) is 76.0 Å². The summed E-state index contributed by atoms with van der Waals surface area (Å²) in [6.07, 6.45) is 8.07. The molecule has 14 heteroatoms. The molecule has 3 fully saturated rings. The molecule has 2 aliphatic carbocycles. The molecule has 0 radical (unpaired) electrons. The molecule has 1 aromatic carbocycles. The highest BCUT2D eigenvalue weighted by Crippen LogP contribution is 2.57. The summed E-state index contributed by atoms with van der Waals surface area (Å²) in [5, 5.41) is 1.43. The number of ether oxygens (including phenoxy) is 2. The van der Waals surface area contributed by atoms with Gasteiger partial charge in [0.1, 0.15) is 17.2 Å². The van der Waals surface area contributed by atoms with Crippen molar-refractivity contribution in [3.63, 3.8) is 0 Å². The van der Waals surface area contributed by atoms with Crippen molar-refractivity contribution in [3.8, 4) is 16.5 Å². The zero-order chi connectivity index (χ0) is 40.0. The van der Waals surface area contributed by atoms with E-state index in [2.05, 4.69) is 10.8 Å². The third-order valence-corrected chi connectivity index (χ3v) is 14.2. The maximum Gasteiger partial charge on any atom is 0.307 e. The average molecular weight is 807 g/mol. The lowest BCUT2D eigenvalue weighted by atomic mass is 9.90. The number of nitrogens with one attached hydrogen (secondary N) is 1. The number of nitrogens with zero attached hydrogens (tertiary/aromatic N) is 3. The number of imidazole rings is 1. The lowest BCUT2D eigenvalue weighted by molar-refractivity contribution is -0.159. The summed E-state index contributed by atoms with van der Waals surface area (Å²) in [5.74, 6) is -2.81. The van der Waals surface area contributed by atoms with E-state index in [0.717, 1.165) is 40.7 Å². The molecule has 4 aliphatic rings. The van der Waals surface area contributed by atoms with E-state index in [1.807, 2.05) is 60.2 Å². The lowest BCUT2D eigenvalue weighted by Gasteiger charge is -2.29. The summed E-state index contributed by atoms with van der Waals surface area (Å²) in [6, 6.07) is 9.50. The molecule has 2 aliphatic heterocycles. The largest absolute Gasteiger partial charge is 0.460 e. The second-order valence-corrected chi connectivity index (χ2v) is 20.2. The minimum Gasteiger partial charge on any atom is -0.460 e. The Kier molecular flexibility index (Phi) is 11.3. The Morgan fingerprint density at radius 3 is 2.55 bits per heavy atom. The number of ketones is 1. The fourth-order valence-electron chi connectivity index (χ4n) is 8.36. The number of allylic oxidation sites excluding steroid dienone is 2. The number of Topliss-reactive ketones (excluding diaryl/α,β-unsaturated/α-hetero) is 1. The van der Waals surface area contributed by atoms with Crippen molar-refractivity contribution < 1.29 is 37.1 Å². The second-order valence-electron chi connectivity index (χ2n) is 17.3. The average Bonchev–Trinajstić information content (AvgIpc) is 3.91. The van der Waals surface area contributed by atoms with Crippen molar-refractivity contribution in [1.82, 2.24) is 19.2 Å². The monoisotopic (exact) mass is 806 g/mol. The molecule has 7 rings (SSSR count). The van der Waals surface area contributed by atoms with Gasteiger partial charge in [-0.05, 0) is 96.6 Å². The van der Waals surface area contributed by atoms with E-state index in [1.54, 1.807) is 37.0 Å². The Balaban J connectivity index is 1.22. The maximum atomic E-state index is 14.7. The van der Waals surface area contributed by atoms with Crippen molar-refractivity contribution in [2.75, 3.05) is 6.54 Å². The van der Waals surface area contributed by atoms with Crippen molar-refractivity contribution in [1.29, 1.82) is 0 Å². The molecule has 302 valence electrons. The van der Waals surface area contributed by atoms with E-state index in [9.17, 15) is 27.6 Å². The molecule has 0 spiro atoms. The molecule has 5 atom stereocenters. The predicted molar refractivity (Wildman–Crippen MR) is 214 cm³/mol. The normalized spacial score (nSPS) is 26.9. The van der Waals surface area contributed by atoms with Gasteiger partial charge in [-0.2, -0.15) is 4.98 Å². The quantitative estimate of drug-likeness (QED) is 0.176. The number of sulfonamides is 1. The number of carbonyl (C=O) groups is 4. The summed E-state index contributed by atoms with van der Waals surface area (Å²) >= 11 is 1.62. The van der Waals surface area contributed by atoms with Crippen LogP contribution in [-0.2, 0) is 33.9 Å². The van der Waals surface area contributed by atoms with Crippen molar-refractivity contribution in [3.05, 3.63) is 47.9 Å². The van der Waals surface area contributed by atoms with Crippen LogP contribution in [0.4, 0.5) is 0 Å². The molecule has 2 saturated carbocycles. The van der Waals surface area contributed by atoms with Crippen LogP contribution in [0.2, 0.25) is 0 Å². The van der Waals surface area contributed by atoms with Gasteiger partial charge >= 0.3 is 5.97 Å². The van der Waals surface area contributed by atoms with Crippen LogP contribution in [0.3, 0.4) is 0 Å². The topological polar surface area (TPSA) is 154 Å². The van der Waals surface area contributed by atoms with E-state index in [1.165, 1.54) is 0 Å². The highest BCUT2D eigenvalue weighted by molar-refractivity contribution is 7.90. The molecule has 0 bridgehead atoms. The van der Waals surface area contributed by atoms with Gasteiger partial charge in [-0.3, -0.25) is 28.5 Å². The number of para-hydroxylation sites is 1. The number of carbonyl (C=O) groups excluding carboxylic acids is 4. The number of aromatic nitrogens is 2. The van der Waals surface area contributed by atoms with Gasteiger partial charge in [0.15, 0.2) is 5.78 Å². The molecule has 1 saturated heterocycles. The number of esters is 1. The van der Waals surface area contributed by atoms with E-state index in [-0.39, 0.29) is 49.5 Å². The first-order valence-corrected chi connectivity index (χ1v) is 22.5. The van der Waals surface area contributed by atoms with Crippen LogP contribution in [0.25, 0.3) is 21.5 Å². The van der Waals surface area contributed by atoms with Crippen LogP contribution in [0, 0.1) is 17.3 Å².